The molecule has 4 atom stereocenters. The van der Waals surface area contributed by atoms with E-state index in [9.17, 15) is 24.0 Å². The van der Waals surface area contributed by atoms with E-state index in [0.717, 1.165) is 5.56 Å². The summed E-state index contributed by atoms with van der Waals surface area (Å²) in [6.07, 6.45) is 2.41. The van der Waals surface area contributed by atoms with Crippen LogP contribution in [0, 0.1) is 0 Å². The summed E-state index contributed by atoms with van der Waals surface area (Å²) in [5, 5.41) is 8.09. The zero-order chi connectivity index (χ0) is 33.3. The van der Waals surface area contributed by atoms with Crippen molar-refractivity contribution in [1.82, 2.24) is 20.9 Å². The van der Waals surface area contributed by atoms with Gasteiger partial charge in [-0.2, -0.15) is 0 Å². The van der Waals surface area contributed by atoms with Crippen molar-refractivity contribution in [2.24, 2.45) is 0 Å². The molecule has 1 fully saturated rings. The number of hydrogen-bond acceptors (Lipinski definition) is 7. The molecule has 46 heavy (non-hydrogen) atoms. The number of rotatable bonds is 9. The monoisotopic (exact) mass is 632 g/mol. The Balaban J connectivity index is 1.67. The number of ketones is 1. The number of nitrogens with one attached hydrogen (secondary N) is 3. The number of amides is 4. The fourth-order valence-electron chi connectivity index (χ4n) is 5.78. The van der Waals surface area contributed by atoms with Crippen molar-refractivity contribution in [3.63, 3.8) is 0 Å². The maximum atomic E-state index is 14.4. The van der Waals surface area contributed by atoms with Gasteiger partial charge in [-0.3, -0.25) is 24.0 Å². The molecule has 246 valence electrons. The van der Waals surface area contributed by atoms with E-state index in [0.29, 0.717) is 30.8 Å². The van der Waals surface area contributed by atoms with Crippen molar-refractivity contribution in [1.29, 1.82) is 0 Å². The van der Waals surface area contributed by atoms with Crippen LogP contribution in [0.4, 0.5) is 0 Å². The molecule has 2 aliphatic rings. The Kier molecular flexibility index (Phi) is 11.7. The summed E-state index contributed by atoms with van der Waals surface area (Å²) in [4.78, 5) is 68.5. The minimum atomic E-state index is -1.08. The number of Topliss-reactive ketones (excluding diaryl/α,β-unsaturated/α-hetero) is 1. The fourth-order valence-corrected chi connectivity index (χ4v) is 5.78. The molecule has 3 N–H and O–H groups in total. The molecule has 2 heterocycles. The zero-order valence-electron chi connectivity index (χ0n) is 26.8. The van der Waals surface area contributed by atoms with Crippen LogP contribution in [0.3, 0.4) is 0 Å². The first-order chi connectivity index (χ1) is 22.0. The third kappa shape index (κ3) is 9.03. The molecule has 4 rings (SSSR count). The predicted molar refractivity (Wildman–Crippen MR) is 172 cm³/mol. The number of benzene rings is 2. The van der Waals surface area contributed by atoms with Crippen LogP contribution in [0.15, 0.2) is 67.3 Å². The first-order valence-corrected chi connectivity index (χ1v) is 15.8. The standard InChI is InChI=1S/C35H44N4O7/c1-5-11-27(31(41)33(43)36-17-6-2)37-32(42)28-21-26-22-39(28)34(44)30(24-13-8-7-9-14-24)38-29(40)20-23-12-10-15-25(19-23)45-18-16-35(3,4)46-26/h6-10,12-15,19,26-28,30H,2,5,11,16-18,20-22H2,1,3-4H3,(H,36,43)(H,37,42)(H,38,40)/t26-,27?,28+,30+/m1/s1. The van der Waals surface area contributed by atoms with Gasteiger partial charge in [-0.05, 0) is 43.5 Å². The number of hydrogen-bond donors (Lipinski definition) is 3. The van der Waals surface area contributed by atoms with Gasteiger partial charge in [0, 0.05) is 25.9 Å². The van der Waals surface area contributed by atoms with Crippen LogP contribution in [0.25, 0.3) is 0 Å². The summed E-state index contributed by atoms with van der Waals surface area (Å²) in [5.74, 6) is -2.39. The molecule has 4 bridgehead atoms. The lowest BCUT2D eigenvalue weighted by Crippen LogP contribution is -2.54. The minimum absolute atomic E-state index is 0.0175. The molecule has 2 aromatic carbocycles. The molecule has 1 saturated heterocycles. The fraction of sp³-hybridized carbons (Fsp3) is 0.457. The van der Waals surface area contributed by atoms with E-state index in [1.54, 1.807) is 30.3 Å². The van der Waals surface area contributed by atoms with Gasteiger partial charge in [0.2, 0.25) is 17.6 Å². The van der Waals surface area contributed by atoms with Crippen molar-refractivity contribution in [2.45, 2.75) is 82.7 Å². The van der Waals surface area contributed by atoms with Gasteiger partial charge in [-0.15, -0.1) is 6.58 Å². The molecule has 4 amide bonds. The topological polar surface area (TPSA) is 143 Å². The van der Waals surface area contributed by atoms with Gasteiger partial charge in [0.05, 0.1) is 30.8 Å². The van der Waals surface area contributed by atoms with Crippen molar-refractivity contribution < 1.29 is 33.4 Å². The van der Waals surface area contributed by atoms with Crippen molar-refractivity contribution in [3.05, 3.63) is 78.4 Å². The highest BCUT2D eigenvalue weighted by Crippen LogP contribution is 2.30. The first kappa shape index (κ1) is 34.4. The van der Waals surface area contributed by atoms with E-state index < -0.39 is 53.3 Å². The second kappa shape index (κ2) is 15.7. The van der Waals surface area contributed by atoms with Gasteiger partial charge >= 0.3 is 0 Å². The Morgan fingerprint density at radius 1 is 1.13 bits per heavy atom. The van der Waals surface area contributed by atoms with E-state index in [1.165, 1.54) is 11.0 Å². The van der Waals surface area contributed by atoms with E-state index in [4.69, 9.17) is 9.47 Å². The lowest BCUT2D eigenvalue weighted by atomic mass is 10.0. The predicted octanol–water partition coefficient (Wildman–Crippen LogP) is 2.79. The zero-order valence-corrected chi connectivity index (χ0v) is 26.8. The Hall–Kier alpha value is -4.51. The van der Waals surface area contributed by atoms with Crippen LogP contribution >= 0.6 is 0 Å². The highest BCUT2D eigenvalue weighted by Gasteiger charge is 2.45. The molecule has 0 spiro atoms. The summed E-state index contributed by atoms with van der Waals surface area (Å²) in [6.45, 7) is 9.80. The largest absolute Gasteiger partial charge is 0.493 e. The third-order valence-corrected chi connectivity index (χ3v) is 8.10. The van der Waals surface area contributed by atoms with Crippen LogP contribution in [0.5, 0.6) is 5.75 Å². The maximum absolute atomic E-state index is 14.4. The second-order valence-electron chi connectivity index (χ2n) is 12.3. The van der Waals surface area contributed by atoms with E-state index in [-0.39, 0.29) is 38.3 Å². The van der Waals surface area contributed by atoms with Gasteiger partial charge in [0.1, 0.15) is 17.8 Å². The maximum Gasteiger partial charge on any atom is 0.289 e. The van der Waals surface area contributed by atoms with Crippen LogP contribution in [-0.2, 0) is 35.1 Å². The molecule has 2 aromatic rings. The third-order valence-electron chi connectivity index (χ3n) is 8.10. The van der Waals surface area contributed by atoms with Gasteiger partial charge in [0.25, 0.3) is 11.8 Å². The molecule has 1 unspecified atom stereocenters. The van der Waals surface area contributed by atoms with Crippen LogP contribution < -0.4 is 20.7 Å². The van der Waals surface area contributed by atoms with E-state index >= 15 is 0 Å². The number of fused-ring (bicyclic) bond motifs is 4. The summed E-state index contributed by atoms with van der Waals surface area (Å²) in [7, 11) is 0. The molecule has 11 heteroatoms. The van der Waals surface area contributed by atoms with Crippen molar-refractivity contribution in [3.8, 4) is 5.75 Å². The van der Waals surface area contributed by atoms with Gasteiger partial charge in [-0.1, -0.05) is 61.9 Å². The molecular formula is C35H44N4O7. The highest BCUT2D eigenvalue weighted by molar-refractivity contribution is 6.38. The number of nitrogens with zero attached hydrogens (tertiary/aromatic N) is 1. The van der Waals surface area contributed by atoms with Gasteiger partial charge < -0.3 is 30.3 Å². The summed E-state index contributed by atoms with van der Waals surface area (Å²) < 4.78 is 12.5. The Morgan fingerprint density at radius 2 is 1.89 bits per heavy atom. The molecular weight excluding hydrogens is 588 g/mol. The Morgan fingerprint density at radius 3 is 2.61 bits per heavy atom. The van der Waals surface area contributed by atoms with E-state index in [2.05, 4.69) is 22.5 Å². The molecule has 2 aliphatic heterocycles. The summed E-state index contributed by atoms with van der Waals surface area (Å²) in [6, 6.07) is 12.9. The quantitative estimate of drug-likeness (QED) is 0.285. The second-order valence-corrected chi connectivity index (χ2v) is 12.3. The van der Waals surface area contributed by atoms with Crippen LogP contribution in [-0.4, -0.2) is 77.8 Å². The lowest BCUT2D eigenvalue weighted by Gasteiger charge is -2.31. The first-order valence-electron chi connectivity index (χ1n) is 15.8. The average molecular weight is 633 g/mol. The highest BCUT2D eigenvalue weighted by atomic mass is 16.5. The lowest BCUT2D eigenvalue weighted by molar-refractivity contribution is -0.143. The Labute approximate surface area is 270 Å². The summed E-state index contributed by atoms with van der Waals surface area (Å²) >= 11 is 0. The molecule has 0 aliphatic carbocycles. The normalized spacial score (nSPS) is 22.2. The van der Waals surface area contributed by atoms with E-state index in [1.807, 2.05) is 45.0 Å². The molecule has 0 radical (unpaired) electrons. The number of carbonyl (C=O) groups excluding carboxylic acids is 5. The van der Waals surface area contributed by atoms with Crippen LogP contribution in [0.2, 0.25) is 0 Å². The van der Waals surface area contributed by atoms with Crippen LogP contribution in [0.1, 0.15) is 63.6 Å². The summed E-state index contributed by atoms with van der Waals surface area (Å²) in [5.41, 5.74) is 0.621. The smallest absolute Gasteiger partial charge is 0.289 e. The molecule has 11 nitrogen and oxygen atoms in total. The average Bonchev–Trinajstić information content (AvgIpc) is 3.44. The molecule has 0 aromatic heterocycles. The van der Waals surface area contributed by atoms with Gasteiger partial charge in [0.15, 0.2) is 0 Å². The molecule has 0 saturated carbocycles. The number of ether oxygens (including phenoxy) is 2. The minimum Gasteiger partial charge on any atom is -0.493 e. The Bertz CT molecular complexity index is 1430. The SMILES string of the molecule is C=CCNC(=O)C(=O)C(CCC)NC(=O)[C@@H]1C[C@@H]2CN1C(=O)[C@H](c1ccccc1)NC(=O)Cc1cccc(c1)OCCC(C)(C)O2. The van der Waals surface area contributed by atoms with Gasteiger partial charge in [-0.25, -0.2) is 0 Å². The van der Waals surface area contributed by atoms with Crippen molar-refractivity contribution >= 4 is 29.4 Å². The number of carbonyl (C=O) groups is 5. The van der Waals surface area contributed by atoms with Crippen molar-refractivity contribution in [2.75, 3.05) is 19.7 Å².